The van der Waals surface area contributed by atoms with E-state index >= 15 is 0 Å². The molecule has 3 aromatic carbocycles. The van der Waals surface area contributed by atoms with Gasteiger partial charge in [0.25, 0.3) is 0 Å². The van der Waals surface area contributed by atoms with Crippen molar-refractivity contribution in [2.24, 2.45) is 0 Å². The number of carbonyl (C=O) groups is 3. The van der Waals surface area contributed by atoms with Crippen LogP contribution in [0.15, 0.2) is 65.1 Å². The predicted molar refractivity (Wildman–Crippen MR) is 177 cm³/mol. The third-order valence-corrected chi connectivity index (χ3v) is 10.6. The number of carbonyl (C=O) groups excluding carboxylic acids is 3. The number of hydrogen-bond donors (Lipinski definition) is 2. The fourth-order valence-corrected chi connectivity index (χ4v) is 8.32. The van der Waals surface area contributed by atoms with Crippen molar-refractivity contribution < 1.29 is 19.1 Å². The molecule has 0 aromatic heterocycles. The largest absolute Gasteiger partial charge is 0.490 e. The summed E-state index contributed by atoms with van der Waals surface area (Å²) in [5.41, 5.74) is 1.65. The molecule has 3 fully saturated rings. The number of amides is 4. The Morgan fingerprint density at radius 2 is 1.64 bits per heavy atom. The Morgan fingerprint density at radius 1 is 0.911 bits per heavy atom. The molecule has 0 radical (unpaired) electrons. The van der Waals surface area contributed by atoms with Crippen LogP contribution < -0.4 is 15.4 Å². The minimum absolute atomic E-state index is 0.0973. The zero-order valence-electron chi connectivity index (χ0n) is 24.5. The summed E-state index contributed by atoms with van der Waals surface area (Å²) in [6, 6.07) is 17.8. The number of ether oxygens (including phenoxy) is 1. The fourth-order valence-electron chi connectivity index (χ4n) is 7.57. The summed E-state index contributed by atoms with van der Waals surface area (Å²) in [6.45, 7) is 2.88. The number of benzene rings is 3. The average Bonchev–Trinajstić information content (AvgIpc) is 3.66. The number of hydrogen-bond acceptors (Lipinski definition) is 4. The molecule has 0 bridgehead atoms. The van der Waals surface area contributed by atoms with Crippen molar-refractivity contribution >= 4 is 62.7 Å². The lowest BCUT2D eigenvalue weighted by atomic mass is 9.59. The van der Waals surface area contributed by atoms with Crippen LogP contribution in [-0.2, 0) is 15.0 Å². The SMILES string of the molecule is O=C1C[C@@H](c2cccc(Cl)c2)[C@]2(C(=O)Nc3cc(Cl)ccc32)[C@@H](c2cc(Br)ccc2OC2CCN(C(=O)N3CCCC3)CC2)N1. The molecule has 11 heteroatoms. The summed E-state index contributed by atoms with van der Waals surface area (Å²) in [4.78, 5) is 44.8. The zero-order chi connectivity index (χ0) is 31.3. The monoisotopic (exact) mass is 710 g/mol. The number of urea groups is 1. The van der Waals surface area contributed by atoms with Crippen molar-refractivity contribution in [1.82, 2.24) is 15.1 Å². The van der Waals surface area contributed by atoms with E-state index in [4.69, 9.17) is 27.9 Å². The Bertz CT molecular complexity index is 1670. The Balaban J connectivity index is 1.27. The van der Waals surface area contributed by atoms with Gasteiger partial charge in [0.05, 0.1) is 6.04 Å². The van der Waals surface area contributed by atoms with Crippen LogP contribution in [0.2, 0.25) is 10.0 Å². The maximum Gasteiger partial charge on any atom is 0.320 e. The summed E-state index contributed by atoms with van der Waals surface area (Å²) < 4.78 is 7.48. The van der Waals surface area contributed by atoms with Crippen LogP contribution in [0.5, 0.6) is 5.75 Å². The summed E-state index contributed by atoms with van der Waals surface area (Å²) in [5.74, 6) is -0.335. The molecular weight excluding hydrogens is 679 g/mol. The first kappa shape index (κ1) is 30.4. The number of likely N-dealkylation sites (tertiary alicyclic amines) is 2. The molecule has 234 valence electrons. The highest BCUT2D eigenvalue weighted by atomic mass is 79.9. The summed E-state index contributed by atoms with van der Waals surface area (Å²) in [6.07, 6.45) is 3.46. The van der Waals surface area contributed by atoms with Gasteiger partial charge in [-0.25, -0.2) is 4.79 Å². The lowest BCUT2D eigenvalue weighted by Gasteiger charge is -2.47. The second-order valence-electron chi connectivity index (χ2n) is 12.3. The van der Waals surface area contributed by atoms with Gasteiger partial charge in [0, 0.05) is 77.1 Å². The van der Waals surface area contributed by atoms with Crippen molar-refractivity contribution in [3.8, 4) is 5.75 Å². The molecule has 3 saturated heterocycles. The van der Waals surface area contributed by atoms with Gasteiger partial charge in [-0.2, -0.15) is 0 Å². The van der Waals surface area contributed by atoms with Crippen molar-refractivity contribution in [3.05, 3.63) is 91.9 Å². The van der Waals surface area contributed by atoms with Gasteiger partial charge in [-0.1, -0.05) is 57.3 Å². The molecule has 8 nitrogen and oxygen atoms in total. The molecule has 2 N–H and O–H groups in total. The molecule has 4 aliphatic heterocycles. The fraction of sp³-hybridized carbons (Fsp3) is 0.382. The molecule has 0 unspecified atom stereocenters. The number of halogens is 3. The van der Waals surface area contributed by atoms with Crippen molar-refractivity contribution in [2.45, 2.75) is 55.6 Å². The minimum Gasteiger partial charge on any atom is -0.490 e. The third kappa shape index (κ3) is 5.47. The van der Waals surface area contributed by atoms with Crippen molar-refractivity contribution in [2.75, 3.05) is 31.5 Å². The maximum absolute atomic E-state index is 14.4. The van der Waals surface area contributed by atoms with Gasteiger partial charge >= 0.3 is 6.03 Å². The number of nitrogens with zero attached hydrogens (tertiary/aromatic N) is 2. The van der Waals surface area contributed by atoms with E-state index in [9.17, 15) is 14.4 Å². The minimum atomic E-state index is -1.22. The molecule has 4 heterocycles. The molecule has 1 spiro atoms. The molecule has 0 saturated carbocycles. The maximum atomic E-state index is 14.4. The molecule has 3 atom stereocenters. The normalized spacial score (nSPS) is 24.9. The van der Waals surface area contributed by atoms with Crippen LogP contribution in [0.3, 0.4) is 0 Å². The molecule has 4 amide bonds. The van der Waals surface area contributed by atoms with Gasteiger partial charge in [0.2, 0.25) is 11.8 Å². The highest BCUT2D eigenvalue weighted by Crippen LogP contribution is 2.58. The number of nitrogens with one attached hydrogen (secondary N) is 2. The molecule has 0 aliphatic carbocycles. The molecule has 45 heavy (non-hydrogen) atoms. The van der Waals surface area contributed by atoms with E-state index < -0.39 is 17.4 Å². The van der Waals surface area contributed by atoms with Crippen LogP contribution in [0.1, 0.15) is 60.8 Å². The van der Waals surface area contributed by atoms with Crippen LogP contribution in [-0.4, -0.2) is 59.9 Å². The second kappa shape index (κ2) is 12.2. The van der Waals surface area contributed by atoms with E-state index in [1.54, 1.807) is 18.2 Å². The average molecular weight is 712 g/mol. The molecule has 7 rings (SSSR count). The van der Waals surface area contributed by atoms with E-state index in [0.717, 1.165) is 41.5 Å². The summed E-state index contributed by atoms with van der Waals surface area (Å²) in [7, 11) is 0. The first-order valence-corrected chi connectivity index (χ1v) is 16.9. The first-order valence-electron chi connectivity index (χ1n) is 15.4. The van der Waals surface area contributed by atoms with E-state index in [-0.39, 0.29) is 30.4 Å². The van der Waals surface area contributed by atoms with E-state index in [0.29, 0.717) is 53.0 Å². The number of piperidine rings is 2. The lowest BCUT2D eigenvalue weighted by Crippen LogP contribution is -2.57. The molecule has 3 aromatic rings. The Kier molecular flexibility index (Phi) is 8.21. The van der Waals surface area contributed by atoms with Gasteiger partial charge in [-0.15, -0.1) is 0 Å². The van der Waals surface area contributed by atoms with Crippen molar-refractivity contribution in [1.29, 1.82) is 0 Å². The van der Waals surface area contributed by atoms with Crippen LogP contribution >= 0.6 is 39.1 Å². The van der Waals surface area contributed by atoms with E-state index in [1.165, 1.54) is 0 Å². The number of fused-ring (bicyclic) bond motifs is 2. The van der Waals surface area contributed by atoms with Gasteiger partial charge in [0.1, 0.15) is 17.3 Å². The first-order chi connectivity index (χ1) is 21.7. The Hall–Kier alpha value is -3.27. The smallest absolute Gasteiger partial charge is 0.320 e. The second-order valence-corrected chi connectivity index (χ2v) is 14.1. The molecule has 4 aliphatic rings. The predicted octanol–water partition coefficient (Wildman–Crippen LogP) is 7.05. The highest BCUT2D eigenvalue weighted by Gasteiger charge is 2.61. The van der Waals surface area contributed by atoms with Crippen LogP contribution in [0.4, 0.5) is 10.5 Å². The topological polar surface area (TPSA) is 91.0 Å². The van der Waals surface area contributed by atoms with Gasteiger partial charge in [-0.3, -0.25) is 9.59 Å². The zero-order valence-corrected chi connectivity index (χ0v) is 27.6. The Morgan fingerprint density at radius 3 is 2.40 bits per heavy atom. The number of rotatable bonds is 4. The van der Waals surface area contributed by atoms with E-state index in [1.807, 2.05) is 52.3 Å². The third-order valence-electron chi connectivity index (χ3n) is 9.67. The van der Waals surface area contributed by atoms with E-state index in [2.05, 4.69) is 26.6 Å². The van der Waals surface area contributed by atoms with Crippen LogP contribution in [0, 0.1) is 0 Å². The number of anilines is 1. The summed E-state index contributed by atoms with van der Waals surface area (Å²) >= 11 is 16.5. The quantitative estimate of drug-likeness (QED) is 0.304. The van der Waals surface area contributed by atoms with Crippen molar-refractivity contribution in [3.63, 3.8) is 0 Å². The van der Waals surface area contributed by atoms with Crippen LogP contribution in [0.25, 0.3) is 0 Å². The van der Waals surface area contributed by atoms with Gasteiger partial charge in [0.15, 0.2) is 0 Å². The van der Waals surface area contributed by atoms with Gasteiger partial charge < -0.3 is 25.2 Å². The standard InChI is InChI=1S/C34H33BrCl2N4O4/c35-21-6-9-29(45-24-10-14-41(15-11-24)33(44)40-12-1-2-13-40)25(17-21)31-34(26-8-7-23(37)18-28(26)38-32(34)43)27(19-30(42)39-31)20-4-3-5-22(36)16-20/h3-9,16-18,24,27,31H,1-2,10-15,19H2,(H,38,43)(H,39,42)/t27-,31+,34-/m0/s1. The highest BCUT2D eigenvalue weighted by molar-refractivity contribution is 9.10. The summed E-state index contributed by atoms with van der Waals surface area (Å²) in [5, 5.41) is 7.31. The lowest BCUT2D eigenvalue weighted by molar-refractivity contribution is -0.131. The molecular formula is C34H33BrCl2N4O4. The Labute approximate surface area is 280 Å². The van der Waals surface area contributed by atoms with Gasteiger partial charge in [-0.05, 0) is 66.4 Å².